The van der Waals surface area contributed by atoms with Crippen LogP contribution in [0.1, 0.15) is 72.4 Å². The zero-order valence-corrected chi connectivity index (χ0v) is 19.4. The molecule has 6 nitrogen and oxygen atoms in total. The van der Waals surface area contributed by atoms with E-state index in [0.29, 0.717) is 13.1 Å². The molecule has 0 saturated carbocycles. The monoisotopic (exact) mass is 414 g/mol. The van der Waals surface area contributed by atoms with E-state index in [9.17, 15) is 9.59 Å². The van der Waals surface area contributed by atoms with E-state index < -0.39 is 5.66 Å². The van der Waals surface area contributed by atoms with E-state index >= 15 is 0 Å². The zero-order chi connectivity index (χ0) is 22.1. The van der Waals surface area contributed by atoms with Crippen LogP contribution in [0.4, 0.5) is 4.79 Å². The van der Waals surface area contributed by atoms with Gasteiger partial charge in [0, 0.05) is 31.5 Å². The number of urea groups is 1. The van der Waals surface area contributed by atoms with Crippen LogP contribution in [0.3, 0.4) is 0 Å². The average Bonchev–Trinajstić information content (AvgIpc) is 2.98. The molecule has 0 radical (unpaired) electrons. The number of rotatable bonds is 4. The SMILES string of the molecule is CC[C@@H](C)[C@@H]1NC2(CCN(C(=O)NC(C)(C)C)CC2)N([C@@H](C)c2ccccc2)C1=O. The molecule has 2 N–H and O–H groups in total. The Bertz CT molecular complexity index is 750. The number of nitrogens with zero attached hydrogens (tertiary/aromatic N) is 2. The predicted molar refractivity (Wildman–Crippen MR) is 120 cm³/mol. The largest absolute Gasteiger partial charge is 0.333 e. The van der Waals surface area contributed by atoms with Crippen molar-refractivity contribution in [3.05, 3.63) is 35.9 Å². The molecule has 6 heteroatoms. The van der Waals surface area contributed by atoms with Crippen molar-refractivity contribution in [2.24, 2.45) is 5.92 Å². The normalized spacial score (nSPS) is 23.5. The molecule has 2 fully saturated rings. The Kier molecular flexibility index (Phi) is 6.46. The Labute approximate surface area is 181 Å². The van der Waals surface area contributed by atoms with E-state index in [4.69, 9.17) is 0 Å². The number of hydrogen-bond acceptors (Lipinski definition) is 3. The van der Waals surface area contributed by atoms with E-state index in [2.05, 4.69) is 48.4 Å². The van der Waals surface area contributed by atoms with E-state index in [0.717, 1.165) is 24.8 Å². The lowest BCUT2D eigenvalue weighted by atomic mass is 9.93. The van der Waals surface area contributed by atoms with Gasteiger partial charge in [-0.25, -0.2) is 4.79 Å². The van der Waals surface area contributed by atoms with Crippen molar-refractivity contribution >= 4 is 11.9 Å². The minimum absolute atomic E-state index is 0.0183. The summed E-state index contributed by atoms with van der Waals surface area (Å²) in [4.78, 5) is 30.2. The molecule has 1 spiro atoms. The van der Waals surface area contributed by atoms with Gasteiger partial charge in [0.1, 0.15) is 0 Å². The summed E-state index contributed by atoms with van der Waals surface area (Å²) in [5.41, 5.74) is 0.479. The van der Waals surface area contributed by atoms with Crippen LogP contribution >= 0.6 is 0 Å². The molecule has 1 aromatic rings. The third kappa shape index (κ3) is 4.48. The van der Waals surface area contributed by atoms with Crippen LogP contribution in [0.25, 0.3) is 0 Å². The number of hydrogen-bond donors (Lipinski definition) is 2. The van der Waals surface area contributed by atoms with Gasteiger partial charge in [-0.2, -0.15) is 0 Å². The number of carbonyl (C=O) groups excluding carboxylic acids is 2. The fourth-order valence-corrected chi connectivity index (χ4v) is 4.71. The Morgan fingerprint density at radius 3 is 2.33 bits per heavy atom. The second-order valence-corrected chi connectivity index (χ2v) is 10.0. The Hall–Kier alpha value is -2.08. The van der Waals surface area contributed by atoms with Crippen molar-refractivity contribution in [1.29, 1.82) is 0 Å². The third-order valence-electron chi connectivity index (χ3n) is 6.63. The summed E-state index contributed by atoms with van der Waals surface area (Å²) >= 11 is 0. The van der Waals surface area contributed by atoms with Gasteiger partial charge in [-0.05, 0) is 39.2 Å². The summed E-state index contributed by atoms with van der Waals surface area (Å²) in [6.07, 6.45) is 2.42. The van der Waals surface area contributed by atoms with Gasteiger partial charge in [-0.15, -0.1) is 0 Å². The average molecular weight is 415 g/mol. The van der Waals surface area contributed by atoms with E-state index in [1.165, 1.54) is 0 Å². The Morgan fingerprint density at radius 1 is 1.20 bits per heavy atom. The third-order valence-corrected chi connectivity index (χ3v) is 6.63. The van der Waals surface area contributed by atoms with Crippen molar-refractivity contribution < 1.29 is 9.59 Å². The van der Waals surface area contributed by atoms with Gasteiger partial charge in [0.15, 0.2) is 0 Å². The molecule has 30 heavy (non-hydrogen) atoms. The maximum atomic E-state index is 13.6. The van der Waals surface area contributed by atoms with Gasteiger partial charge >= 0.3 is 6.03 Å². The second kappa shape index (κ2) is 8.58. The van der Waals surface area contributed by atoms with Crippen LogP contribution < -0.4 is 10.6 Å². The van der Waals surface area contributed by atoms with Crippen LogP contribution in [0.2, 0.25) is 0 Å². The first kappa shape index (κ1) is 22.6. The molecule has 3 atom stereocenters. The highest BCUT2D eigenvalue weighted by Gasteiger charge is 2.54. The topological polar surface area (TPSA) is 64.7 Å². The molecular weight excluding hydrogens is 376 g/mol. The molecule has 0 bridgehead atoms. The van der Waals surface area contributed by atoms with Crippen LogP contribution in [-0.2, 0) is 4.79 Å². The van der Waals surface area contributed by atoms with Crippen molar-refractivity contribution in [1.82, 2.24) is 20.4 Å². The fraction of sp³-hybridized carbons (Fsp3) is 0.667. The van der Waals surface area contributed by atoms with Crippen LogP contribution in [0, 0.1) is 5.92 Å². The summed E-state index contributed by atoms with van der Waals surface area (Å²) in [6, 6.07) is 10.0. The maximum Gasteiger partial charge on any atom is 0.317 e. The van der Waals surface area contributed by atoms with Gasteiger partial charge in [-0.3, -0.25) is 10.1 Å². The summed E-state index contributed by atoms with van der Waals surface area (Å²) < 4.78 is 0. The molecule has 2 aliphatic rings. The highest BCUT2D eigenvalue weighted by Crippen LogP contribution is 2.40. The lowest BCUT2D eigenvalue weighted by Crippen LogP contribution is -2.61. The highest BCUT2D eigenvalue weighted by molar-refractivity contribution is 5.86. The highest BCUT2D eigenvalue weighted by atomic mass is 16.2. The Morgan fingerprint density at radius 2 is 1.80 bits per heavy atom. The summed E-state index contributed by atoms with van der Waals surface area (Å²) in [5.74, 6) is 0.456. The van der Waals surface area contributed by atoms with E-state index in [1.807, 2.05) is 43.9 Å². The molecule has 0 unspecified atom stereocenters. The molecule has 0 aromatic heterocycles. The number of nitrogens with one attached hydrogen (secondary N) is 2. The lowest BCUT2D eigenvalue weighted by Gasteiger charge is -2.47. The molecule has 2 saturated heterocycles. The molecule has 1 aromatic carbocycles. The van der Waals surface area contributed by atoms with Crippen LogP contribution in [0.15, 0.2) is 30.3 Å². The smallest absolute Gasteiger partial charge is 0.317 e. The molecule has 3 rings (SSSR count). The molecule has 2 aliphatic heterocycles. The number of benzene rings is 1. The van der Waals surface area contributed by atoms with Crippen molar-refractivity contribution in [3.63, 3.8) is 0 Å². The predicted octanol–water partition coefficient (Wildman–Crippen LogP) is 3.89. The first-order valence-electron chi connectivity index (χ1n) is 11.3. The van der Waals surface area contributed by atoms with Gasteiger partial charge in [0.2, 0.25) is 5.91 Å². The lowest BCUT2D eigenvalue weighted by molar-refractivity contribution is -0.136. The number of carbonyl (C=O) groups is 2. The van der Waals surface area contributed by atoms with E-state index in [1.54, 1.807) is 0 Å². The zero-order valence-electron chi connectivity index (χ0n) is 19.4. The minimum atomic E-state index is -0.404. The van der Waals surface area contributed by atoms with Crippen molar-refractivity contribution in [2.75, 3.05) is 13.1 Å². The first-order chi connectivity index (χ1) is 14.1. The maximum absolute atomic E-state index is 13.6. The number of likely N-dealkylation sites (tertiary alicyclic amines) is 1. The fourth-order valence-electron chi connectivity index (χ4n) is 4.71. The second-order valence-electron chi connectivity index (χ2n) is 10.0. The quantitative estimate of drug-likeness (QED) is 0.785. The minimum Gasteiger partial charge on any atom is -0.333 e. The van der Waals surface area contributed by atoms with E-state index in [-0.39, 0.29) is 35.5 Å². The molecule has 0 aliphatic carbocycles. The van der Waals surface area contributed by atoms with Gasteiger partial charge in [0.05, 0.1) is 17.7 Å². The summed E-state index contributed by atoms with van der Waals surface area (Å²) in [5, 5.41) is 6.79. The van der Waals surface area contributed by atoms with Crippen LogP contribution in [-0.4, -0.2) is 52.1 Å². The standard InChI is InChI=1S/C24H38N4O2/c1-7-17(2)20-21(29)28(18(3)19-11-9-8-10-12-19)24(25-20)13-15-27(16-14-24)22(30)26-23(4,5)6/h8-12,17-18,20,25H,7,13-16H2,1-6H3,(H,26,30)/t17-,18+,20+/m1/s1. The molecule has 3 amide bonds. The van der Waals surface area contributed by atoms with Gasteiger partial charge < -0.3 is 15.1 Å². The summed E-state index contributed by atoms with van der Waals surface area (Å²) in [7, 11) is 0. The molecule has 166 valence electrons. The molecular formula is C24H38N4O2. The summed E-state index contributed by atoms with van der Waals surface area (Å²) in [6.45, 7) is 13.6. The molecule has 2 heterocycles. The number of piperidine rings is 1. The van der Waals surface area contributed by atoms with Gasteiger partial charge in [0.25, 0.3) is 0 Å². The first-order valence-corrected chi connectivity index (χ1v) is 11.3. The van der Waals surface area contributed by atoms with Crippen molar-refractivity contribution in [3.8, 4) is 0 Å². The number of amides is 3. The Balaban J connectivity index is 1.83. The van der Waals surface area contributed by atoms with Gasteiger partial charge in [-0.1, -0.05) is 50.6 Å². The van der Waals surface area contributed by atoms with Crippen molar-refractivity contribution in [2.45, 2.75) is 84.1 Å². The van der Waals surface area contributed by atoms with Crippen LogP contribution in [0.5, 0.6) is 0 Å².